The number of hydrogen-bond acceptors (Lipinski definition) is 5. The van der Waals surface area contributed by atoms with Gasteiger partial charge in [0, 0.05) is 12.2 Å². The molecule has 0 radical (unpaired) electrons. The Hall–Kier alpha value is -4.17. The van der Waals surface area contributed by atoms with Crippen LogP contribution in [0.5, 0.6) is 0 Å². The molecular weight excluding hydrogens is 566 g/mol. The van der Waals surface area contributed by atoms with E-state index in [0.717, 1.165) is 21.5 Å². The normalized spacial score (nSPS) is 13.0. The van der Waals surface area contributed by atoms with Crippen molar-refractivity contribution in [1.82, 2.24) is 5.32 Å². The molecule has 0 spiro atoms. The van der Waals surface area contributed by atoms with E-state index in [0.29, 0.717) is 18.6 Å². The first-order valence-electron chi connectivity index (χ1n) is 15.0. The van der Waals surface area contributed by atoms with E-state index in [4.69, 9.17) is 13.9 Å². The molecule has 2 N–H and O–H groups in total. The van der Waals surface area contributed by atoms with E-state index in [1.54, 1.807) is 0 Å². The molecule has 0 saturated carbocycles. The molecule has 1 amide bonds. The maximum absolute atomic E-state index is 13.3. The van der Waals surface area contributed by atoms with E-state index >= 15 is 0 Å². The monoisotopic (exact) mass is 609 g/mol. The number of carbonyl (C=O) groups is 1. The first kappa shape index (κ1) is 32.7. The summed E-state index contributed by atoms with van der Waals surface area (Å²) in [6.45, 7) is 10.8. The van der Waals surface area contributed by atoms with Gasteiger partial charge in [-0.05, 0) is 33.8 Å². The lowest BCUT2D eigenvalue weighted by atomic mass is 10.1. The molecule has 0 heterocycles. The minimum Gasteiger partial charge on any atom is -0.468 e. The van der Waals surface area contributed by atoms with Gasteiger partial charge in [-0.25, -0.2) is 4.79 Å². The Morgan fingerprint density at radius 3 is 1.82 bits per heavy atom. The highest BCUT2D eigenvalue weighted by atomic mass is 28.4. The summed E-state index contributed by atoms with van der Waals surface area (Å²) < 4.78 is 19.5. The van der Waals surface area contributed by atoms with Gasteiger partial charge in [0.2, 0.25) is 0 Å². The standard InChI is InChI=1S/C37H43NO5Si/c1-29(31-20-11-6-12-21-31)42-35(38-36(40)41-28-30-18-9-5-10-19-30)34(26-17-27-39)43-44(37(2,3)4,32-22-13-7-14-23-32)33-24-15-8-16-25-33/h5-16,18-25,34-35,39H,1,17,26-28H2,2-4H3,(H,38,40)/t34-,35-/m0/s1. The van der Waals surface area contributed by atoms with Gasteiger partial charge in [-0.1, -0.05) is 149 Å². The number of hydrogen-bond donors (Lipinski definition) is 2. The number of alkyl carbamates (subject to hydrolysis) is 1. The predicted molar refractivity (Wildman–Crippen MR) is 179 cm³/mol. The van der Waals surface area contributed by atoms with E-state index in [2.05, 4.69) is 56.9 Å². The molecule has 44 heavy (non-hydrogen) atoms. The van der Waals surface area contributed by atoms with Gasteiger partial charge >= 0.3 is 6.09 Å². The highest BCUT2D eigenvalue weighted by Gasteiger charge is 2.52. The SMILES string of the molecule is C=C(O[C@H](NC(=O)OCc1ccccc1)[C@H](CCCO)O[Si](c1ccccc1)(c1ccccc1)C(C)(C)C)c1ccccc1. The van der Waals surface area contributed by atoms with Crippen molar-refractivity contribution in [2.75, 3.05) is 6.61 Å². The molecule has 230 valence electrons. The molecule has 4 aromatic carbocycles. The molecule has 0 aliphatic rings. The summed E-state index contributed by atoms with van der Waals surface area (Å²) >= 11 is 0. The third kappa shape index (κ3) is 8.26. The Morgan fingerprint density at radius 2 is 1.32 bits per heavy atom. The van der Waals surface area contributed by atoms with Gasteiger partial charge in [0.1, 0.15) is 18.5 Å². The van der Waals surface area contributed by atoms with Gasteiger partial charge in [-0.3, -0.25) is 5.32 Å². The number of nitrogens with one attached hydrogen (secondary N) is 1. The van der Waals surface area contributed by atoms with Crippen molar-refractivity contribution in [3.8, 4) is 0 Å². The Labute approximate surface area is 262 Å². The highest BCUT2D eigenvalue weighted by Crippen LogP contribution is 2.38. The Bertz CT molecular complexity index is 1400. The third-order valence-electron chi connectivity index (χ3n) is 7.57. The van der Waals surface area contributed by atoms with Crippen LogP contribution in [0.3, 0.4) is 0 Å². The minimum absolute atomic E-state index is 0.0363. The predicted octanol–water partition coefficient (Wildman–Crippen LogP) is 6.64. The summed E-state index contributed by atoms with van der Waals surface area (Å²) in [7, 11) is -3.06. The number of ether oxygens (including phenoxy) is 2. The topological polar surface area (TPSA) is 77.0 Å². The van der Waals surface area contributed by atoms with Crippen LogP contribution >= 0.6 is 0 Å². The van der Waals surface area contributed by atoms with Crippen molar-refractivity contribution < 1.29 is 23.8 Å². The van der Waals surface area contributed by atoms with Gasteiger partial charge in [0.25, 0.3) is 8.32 Å². The summed E-state index contributed by atoms with van der Waals surface area (Å²) in [5, 5.41) is 14.7. The zero-order chi connectivity index (χ0) is 31.4. The van der Waals surface area contributed by atoms with E-state index < -0.39 is 26.7 Å². The second-order valence-corrected chi connectivity index (χ2v) is 16.0. The number of carbonyl (C=O) groups excluding carboxylic acids is 1. The summed E-state index contributed by atoms with van der Waals surface area (Å²) in [6.07, 6.45) is -1.38. The molecule has 0 aromatic heterocycles. The maximum Gasteiger partial charge on any atom is 0.410 e. The fraction of sp³-hybridized carbons (Fsp3) is 0.270. The largest absolute Gasteiger partial charge is 0.468 e. The van der Waals surface area contributed by atoms with Crippen LogP contribution in [0.15, 0.2) is 128 Å². The van der Waals surface area contributed by atoms with Crippen LogP contribution in [0.1, 0.15) is 44.7 Å². The molecule has 0 aliphatic carbocycles. The van der Waals surface area contributed by atoms with Gasteiger partial charge in [-0.2, -0.15) is 0 Å². The quantitative estimate of drug-likeness (QED) is 0.0952. The fourth-order valence-corrected chi connectivity index (χ4v) is 10.1. The molecule has 0 bridgehead atoms. The molecule has 4 aromatic rings. The number of rotatable bonds is 14. The van der Waals surface area contributed by atoms with Gasteiger partial charge in [-0.15, -0.1) is 0 Å². The van der Waals surface area contributed by atoms with Crippen molar-refractivity contribution in [2.45, 2.75) is 57.6 Å². The number of aliphatic hydroxyl groups excluding tert-OH is 1. The highest BCUT2D eigenvalue weighted by molar-refractivity contribution is 6.99. The summed E-state index contributed by atoms with van der Waals surface area (Å²) in [4.78, 5) is 13.3. The van der Waals surface area contributed by atoms with Crippen molar-refractivity contribution in [1.29, 1.82) is 0 Å². The molecule has 0 fully saturated rings. The van der Waals surface area contributed by atoms with E-state index in [1.807, 2.05) is 97.1 Å². The lowest BCUT2D eigenvalue weighted by molar-refractivity contribution is -0.000473. The van der Waals surface area contributed by atoms with Gasteiger partial charge < -0.3 is 19.0 Å². The van der Waals surface area contributed by atoms with Crippen LogP contribution in [0.4, 0.5) is 4.79 Å². The van der Waals surface area contributed by atoms with Crippen LogP contribution in [-0.4, -0.2) is 38.5 Å². The molecule has 0 saturated heterocycles. The van der Waals surface area contributed by atoms with Crippen molar-refractivity contribution in [2.24, 2.45) is 0 Å². The van der Waals surface area contributed by atoms with E-state index in [-0.39, 0.29) is 18.3 Å². The van der Waals surface area contributed by atoms with Crippen LogP contribution in [0.2, 0.25) is 5.04 Å². The second kappa shape index (κ2) is 15.5. The molecule has 0 unspecified atom stereocenters. The van der Waals surface area contributed by atoms with Crippen LogP contribution in [-0.2, 0) is 20.5 Å². The average Bonchev–Trinajstić information content (AvgIpc) is 3.05. The first-order chi connectivity index (χ1) is 21.2. The van der Waals surface area contributed by atoms with Crippen LogP contribution in [0, 0.1) is 0 Å². The number of benzene rings is 4. The fourth-order valence-electron chi connectivity index (χ4n) is 5.41. The number of aliphatic hydroxyl groups is 1. The molecule has 4 rings (SSSR count). The first-order valence-corrected chi connectivity index (χ1v) is 16.9. The zero-order valence-electron chi connectivity index (χ0n) is 25.8. The van der Waals surface area contributed by atoms with Crippen molar-refractivity contribution in [3.63, 3.8) is 0 Å². The van der Waals surface area contributed by atoms with Gasteiger partial charge in [0.05, 0.1) is 0 Å². The maximum atomic E-state index is 13.3. The Kier molecular flexibility index (Phi) is 11.5. The average molecular weight is 610 g/mol. The molecular formula is C37H43NO5Si. The molecule has 0 aliphatic heterocycles. The van der Waals surface area contributed by atoms with Crippen molar-refractivity contribution in [3.05, 3.63) is 139 Å². The summed E-state index contributed by atoms with van der Waals surface area (Å²) in [5.74, 6) is 0.388. The summed E-state index contributed by atoms with van der Waals surface area (Å²) in [5.41, 5.74) is 1.65. The van der Waals surface area contributed by atoms with E-state index in [1.165, 1.54) is 0 Å². The Balaban J connectivity index is 1.75. The minimum atomic E-state index is -3.06. The lowest BCUT2D eigenvalue weighted by Crippen LogP contribution is -2.69. The second-order valence-electron chi connectivity index (χ2n) is 11.7. The van der Waals surface area contributed by atoms with Gasteiger partial charge in [0.15, 0.2) is 6.23 Å². The zero-order valence-corrected chi connectivity index (χ0v) is 26.8. The van der Waals surface area contributed by atoms with Crippen LogP contribution in [0.25, 0.3) is 5.76 Å². The van der Waals surface area contributed by atoms with Crippen LogP contribution < -0.4 is 15.7 Å². The van der Waals surface area contributed by atoms with E-state index in [9.17, 15) is 9.90 Å². The third-order valence-corrected chi connectivity index (χ3v) is 12.6. The molecule has 6 nitrogen and oxygen atoms in total. The number of amides is 1. The smallest absolute Gasteiger partial charge is 0.410 e. The molecule has 7 heteroatoms. The Morgan fingerprint density at radius 1 is 0.818 bits per heavy atom. The summed E-state index contributed by atoms with van der Waals surface area (Å²) in [6, 6.07) is 39.6. The lowest BCUT2D eigenvalue weighted by Gasteiger charge is -2.46. The van der Waals surface area contributed by atoms with Crippen molar-refractivity contribution >= 4 is 30.5 Å². The molecule has 2 atom stereocenters.